The van der Waals surface area contributed by atoms with E-state index in [4.69, 9.17) is 15.2 Å². The van der Waals surface area contributed by atoms with Gasteiger partial charge in [-0.25, -0.2) is 0 Å². The molecule has 0 saturated heterocycles. The highest BCUT2D eigenvalue weighted by Crippen LogP contribution is 2.52. The predicted molar refractivity (Wildman–Crippen MR) is 78.1 cm³/mol. The molecule has 0 spiro atoms. The second kappa shape index (κ2) is 5.63. The molecule has 1 aliphatic carbocycles. The van der Waals surface area contributed by atoms with Gasteiger partial charge in [-0.3, -0.25) is 0 Å². The zero-order valence-electron chi connectivity index (χ0n) is 11.2. The van der Waals surface area contributed by atoms with Gasteiger partial charge in [0, 0.05) is 17.1 Å². The van der Waals surface area contributed by atoms with Crippen LogP contribution in [-0.4, -0.2) is 25.5 Å². The monoisotopic (exact) mass is 279 g/mol. The minimum absolute atomic E-state index is 0.517. The summed E-state index contributed by atoms with van der Waals surface area (Å²) in [4.78, 5) is 1.27. The van der Waals surface area contributed by atoms with Crippen molar-refractivity contribution in [1.82, 2.24) is 0 Å². The van der Waals surface area contributed by atoms with Crippen molar-refractivity contribution in [3.8, 4) is 11.5 Å². The Hall–Kier alpha value is -0.870. The first kappa shape index (κ1) is 13.1. The Kier molecular flexibility index (Phi) is 3.89. The molecule has 1 heterocycles. The van der Waals surface area contributed by atoms with Crippen LogP contribution in [0.3, 0.4) is 0 Å². The van der Waals surface area contributed by atoms with E-state index in [1.165, 1.54) is 23.5 Å². The number of hydrogen-bond donors (Lipinski definition) is 1. The number of benzene rings is 1. The van der Waals surface area contributed by atoms with Gasteiger partial charge >= 0.3 is 0 Å². The van der Waals surface area contributed by atoms with E-state index >= 15 is 0 Å². The fourth-order valence-electron chi connectivity index (χ4n) is 2.42. The maximum atomic E-state index is 5.73. The summed E-state index contributed by atoms with van der Waals surface area (Å²) in [6.07, 6.45) is 4.78. The zero-order valence-corrected chi connectivity index (χ0v) is 12.0. The highest BCUT2D eigenvalue weighted by atomic mass is 32.2. The molecule has 0 unspecified atom stereocenters. The van der Waals surface area contributed by atoms with Crippen LogP contribution in [0.2, 0.25) is 0 Å². The van der Waals surface area contributed by atoms with E-state index in [2.05, 4.69) is 12.1 Å². The van der Waals surface area contributed by atoms with E-state index < -0.39 is 0 Å². The van der Waals surface area contributed by atoms with Gasteiger partial charge in [0.25, 0.3) is 0 Å². The first-order chi connectivity index (χ1) is 9.31. The molecule has 1 aliphatic heterocycles. The van der Waals surface area contributed by atoms with Gasteiger partial charge in [-0.1, -0.05) is 0 Å². The van der Waals surface area contributed by atoms with E-state index in [0.717, 1.165) is 44.1 Å². The van der Waals surface area contributed by atoms with Gasteiger partial charge in [0.1, 0.15) is 0 Å². The Balaban J connectivity index is 1.64. The second-order valence-electron chi connectivity index (χ2n) is 5.49. The van der Waals surface area contributed by atoms with E-state index in [1.54, 1.807) is 0 Å². The predicted octanol–water partition coefficient (Wildman–Crippen LogP) is 3.07. The lowest BCUT2D eigenvalue weighted by Gasteiger charge is -2.14. The van der Waals surface area contributed by atoms with Gasteiger partial charge in [0.05, 0.1) is 13.2 Å². The lowest BCUT2D eigenvalue weighted by Crippen LogP contribution is -2.11. The number of fused-ring (bicyclic) bond motifs is 1. The molecule has 104 valence electrons. The summed E-state index contributed by atoms with van der Waals surface area (Å²) in [7, 11) is 0. The number of ether oxygens (including phenoxy) is 2. The summed E-state index contributed by atoms with van der Waals surface area (Å²) in [5.41, 5.74) is 6.20. The quantitative estimate of drug-likeness (QED) is 0.841. The lowest BCUT2D eigenvalue weighted by molar-refractivity contribution is 0.297. The molecule has 0 radical (unpaired) electrons. The molecule has 19 heavy (non-hydrogen) atoms. The van der Waals surface area contributed by atoms with Gasteiger partial charge in [-0.2, -0.15) is 0 Å². The molecule has 0 bridgehead atoms. The van der Waals surface area contributed by atoms with Gasteiger partial charge in [-0.05, 0) is 49.4 Å². The molecule has 2 aliphatic rings. The van der Waals surface area contributed by atoms with E-state index in [9.17, 15) is 0 Å². The van der Waals surface area contributed by atoms with E-state index in [1.807, 2.05) is 17.8 Å². The first-order valence-corrected chi connectivity index (χ1v) is 8.02. The Morgan fingerprint density at radius 1 is 1.16 bits per heavy atom. The summed E-state index contributed by atoms with van der Waals surface area (Å²) in [6, 6.07) is 6.28. The molecule has 0 atom stereocenters. The lowest BCUT2D eigenvalue weighted by atomic mass is 10.1. The van der Waals surface area contributed by atoms with E-state index in [0.29, 0.717) is 5.41 Å². The summed E-state index contributed by atoms with van der Waals surface area (Å²) in [5, 5.41) is 0. The van der Waals surface area contributed by atoms with Crippen molar-refractivity contribution < 1.29 is 9.47 Å². The summed E-state index contributed by atoms with van der Waals surface area (Å²) in [6.45, 7) is 2.30. The van der Waals surface area contributed by atoms with Crippen LogP contribution in [0.1, 0.15) is 25.7 Å². The van der Waals surface area contributed by atoms with Crippen molar-refractivity contribution in [3.05, 3.63) is 18.2 Å². The average molecular weight is 279 g/mol. The first-order valence-electron chi connectivity index (χ1n) is 7.04. The molecule has 3 nitrogen and oxygen atoms in total. The Morgan fingerprint density at radius 3 is 2.68 bits per heavy atom. The van der Waals surface area contributed by atoms with Gasteiger partial charge in [0.15, 0.2) is 11.5 Å². The molecule has 4 heteroatoms. The van der Waals surface area contributed by atoms with Crippen molar-refractivity contribution in [2.24, 2.45) is 11.1 Å². The summed E-state index contributed by atoms with van der Waals surface area (Å²) in [5.74, 6) is 2.94. The minimum Gasteiger partial charge on any atom is -0.490 e. The highest BCUT2D eigenvalue weighted by molar-refractivity contribution is 7.99. The third-order valence-corrected chi connectivity index (χ3v) is 5.24. The molecule has 1 saturated carbocycles. The van der Waals surface area contributed by atoms with Crippen LogP contribution in [0.5, 0.6) is 11.5 Å². The smallest absolute Gasteiger partial charge is 0.162 e. The normalized spacial score (nSPS) is 19.8. The molecular formula is C15H21NO2S. The summed E-state index contributed by atoms with van der Waals surface area (Å²) < 4.78 is 11.4. The van der Waals surface area contributed by atoms with Crippen LogP contribution in [0.25, 0.3) is 0 Å². The van der Waals surface area contributed by atoms with Crippen molar-refractivity contribution in [1.29, 1.82) is 0 Å². The summed E-state index contributed by atoms with van der Waals surface area (Å²) >= 11 is 1.92. The fourth-order valence-corrected chi connectivity index (χ4v) is 3.68. The van der Waals surface area contributed by atoms with E-state index in [-0.39, 0.29) is 0 Å². The number of hydrogen-bond acceptors (Lipinski definition) is 4. The Labute approximate surface area is 118 Å². The molecule has 0 amide bonds. The fraction of sp³-hybridized carbons (Fsp3) is 0.600. The third-order valence-electron chi connectivity index (χ3n) is 3.90. The van der Waals surface area contributed by atoms with Crippen LogP contribution in [0, 0.1) is 5.41 Å². The molecule has 3 rings (SSSR count). The van der Waals surface area contributed by atoms with Gasteiger partial charge in [-0.15, -0.1) is 11.8 Å². The standard InChI is InChI=1S/C15H21NO2S/c16-7-6-15(4-5-15)11-19-12-2-3-13-14(10-12)18-9-1-8-17-13/h2-3,10H,1,4-9,11,16H2. The van der Waals surface area contributed by atoms with Crippen molar-refractivity contribution in [2.75, 3.05) is 25.5 Å². The van der Waals surface area contributed by atoms with Crippen molar-refractivity contribution >= 4 is 11.8 Å². The topological polar surface area (TPSA) is 44.5 Å². The largest absolute Gasteiger partial charge is 0.490 e. The van der Waals surface area contributed by atoms with Gasteiger partial charge < -0.3 is 15.2 Å². The minimum atomic E-state index is 0.517. The molecule has 1 fully saturated rings. The van der Waals surface area contributed by atoms with Crippen LogP contribution >= 0.6 is 11.8 Å². The van der Waals surface area contributed by atoms with Crippen LogP contribution in [0.4, 0.5) is 0 Å². The zero-order chi connectivity index (χ0) is 13.1. The molecule has 0 aromatic heterocycles. The third kappa shape index (κ3) is 3.18. The molecule has 1 aromatic rings. The SMILES string of the molecule is NCCC1(CSc2ccc3c(c2)OCCCO3)CC1. The van der Waals surface area contributed by atoms with Crippen molar-refractivity contribution in [2.45, 2.75) is 30.6 Å². The van der Waals surface area contributed by atoms with Crippen LogP contribution in [0.15, 0.2) is 23.1 Å². The molecular weight excluding hydrogens is 258 g/mol. The molecule has 2 N–H and O–H groups in total. The molecule has 1 aromatic carbocycles. The number of thioether (sulfide) groups is 1. The maximum absolute atomic E-state index is 5.73. The van der Waals surface area contributed by atoms with Crippen molar-refractivity contribution in [3.63, 3.8) is 0 Å². The average Bonchev–Trinajstić information content (AvgIpc) is 3.20. The van der Waals surface area contributed by atoms with Crippen LogP contribution < -0.4 is 15.2 Å². The second-order valence-corrected chi connectivity index (χ2v) is 6.54. The number of rotatable bonds is 5. The number of nitrogens with two attached hydrogens (primary N) is 1. The van der Waals surface area contributed by atoms with Gasteiger partial charge in [0.2, 0.25) is 0 Å². The van der Waals surface area contributed by atoms with Crippen LogP contribution in [-0.2, 0) is 0 Å². The Morgan fingerprint density at radius 2 is 1.95 bits per heavy atom. The highest BCUT2D eigenvalue weighted by Gasteiger charge is 2.41. The Bertz CT molecular complexity index is 446. The maximum Gasteiger partial charge on any atom is 0.162 e.